The third-order valence-corrected chi connectivity index (χ3v) is 5.02. The first-order valence-electron chi connectivity index (χ1n) is 5.60. The molecule has 0 aromatic carbocycles. The third-order valence-electron chi connectivity index (χ3n) is 4.56. The molecule has 4 saturated carbocycles. The molecule has 3 heteroatoms. The molecule has 4 rings (SSSR count). The second-order valence-corrected chi connectivity index (χ2v) is 6.40. The molecule has 0 aliphatic heterocycles. The number of nitrogens with one attached hydrogen (secondary N) is 1. The number of nitrogens with two attached hydrogens (primary N) is 1. The van der Waals surface area contributed by atoms with Crippen LogP contribution in [0, 0.1) is 29.1 Å². The van der Waals surface area contributed by atoms with Crippen LogP contribution < -0.4 is 5.73 Å². The van der Waals surface area contributed by atoms with Crippen molar-refractivity contribution < 1.29 is 0 Å². The first-order valence-corrected chi connectivity index (χ1v) is 5.98. The van der Waals surface area contributed by atoms with Crippen molar-refractivity contribution in [1.29, 1.82) is 5.41 Å². The van der Waals surface area contributed by atoms with Crippen LogP contribution >= 0.6 is 11.6 Å². The fourth-order valence-electron chi connectivity index (χ4n) is 4.43. The van der Waals surface area contributed by atoms with E-state index in [4.69, 9.17) is 22.7 Å². The number of hydrogen-bond donors (Lipinski definition) is 2. The number of halogens is 1. The highest BCUT2D eigenvalue weighted by Crippen LogP contribution is 2.60. The summed E-state index contributed by atoms with van der Waals surface area (Å²) in [5, 5.41) is 7.67. The lowest BCUT2D eigenvalue weighted by molar-refractivity contribution is 0.00496. The van der Waals surface area contributed by atoms with Crippen molar-refractivity contribution in [2.75, 3.05) is 0 Å². The van der Waals surface area contributed by atoms with Crippen molar-refractivity contribution in [2.45, 2.75) is 37.0 Å². The van der Waals surface area contributed by atoms with Crippen LogP contribution in [0.15, 0.2) is 0 Å². The SMILES string of the molecule is N=C(N)C1C2CC3CC1CC(Cl)(C3)C2. The van der Waals surface area contributed by atoms with E-state index in [1.807, 2.05) is 0 Å². The minimum absolute atomic E-state index is 0.0858. The molecule has 2 nitrogen and oxygen atoms in total. The lowest BCUT2D eigenvalue weighted by Gasteiger charge is -2.57. The fraction of sp³-hybridized carbons (Fsp3) is 0.909. The van der Waals surface area contributed by atoms with E-state index < -0.39 is 0 Å². The maximum Gasteiger partial charge on any atom is 0.0942 e. The Balaban J connectivity index is 1.93. The molecule has 14 heavy (non-hydrogen) atoms. The van der Waals surface area contributed by atoms with Crippen LogP contribution in [0.4, 0.5) is 0 Å². The first-order chi connectivity index (χ1) is 6.57. The first kappa shape index (κ1) is 9.02. The predicted molar refractivity (Wildman–Crippen MR) is 57.5 cm³/mol. The van der Waals surface area contributed by atoms with Crippen LogP contribution in [0.5, 0.6) is 0 Å². The molecule has 2 atom stereocenters. The van der Waals surface area contributed by atoms with E-state index in [9.17, 15) is 0 Å². The van der Waals surface area contributed by atoms with Crippen LogP contribution in [-0.4, -0.2) is 10.7 Å². The summed E-state index contributed by atoms with van der Waals surface area (Å²) >= 11 is 6.59. The zero-order valence-corrected chi connectivity index (χ0v) is 9.06. The van der Waals surface area contributed by atoms with Gasteiger partial charge in [-0.2, -0.15) is 0 Å². The molecular weight excluding hydrogens is 196 g/mol. The molecule has 4 aliphatic carbocycles. The zero-order valence-electron chi connectivity index (χ0n) is 8.30. The second kappa shape index (κ2) is 2.66. The van der Waals surface area contributed by atoms with E-state index in [1.165, 1.54) is 19.3 Å². The molecule has 0 radical (unpaired) electrons. The number of hydrogen-bond acceptors (Lipinski definition) is 1. The summed E-state index contributed by atoms with van der Waals surface area (Å²) in [4.78, 5) is 0.0858. The van der Waals surface area contributed by atoms with Crippen LogP contribution in [0.3, 0.4) is 0 Å². The van der Waals surface area contributed by atoms with E-state index in [0.717, 1.165) is 18.8 Å². The van der Waals surface area contributed by atoms with Crippen molar-refractivity contribution in [2.24, 2.45) is 29.4 Å². The summed E-state index contributed by atoms with van der Waals surface area (Å²) in [6.45, 7) is 0. The van der Waals surface area contributed by atoms with Gasteiger partial charge < -0.3 is 5.73 Å². The van der Waals surface area contributed by atoms with E-state index in [1.54, 1.807) is 0 Å². The largest absolute Gasteiger partial charge is 0.387 e. The number of alkyl halides is 1. The Hall–Kier alpha value is -0.240. The third kappa shape index (κ3) is 1.13. The van der Waals surface area contributed by atoms with Gasteiger partial charge in [-0.1, -0.05) is 0 Å². The van der Waals surface area contributed by atoms with E-state index in [0.29, 0.717) is 23.6 Å². The fourth-order valence-corrected chi connectivity index (χ4v) is 5.05. The Morgan fingerprint density at radius 3 is 2.21 bits per heavy atom. The summed E-state index contributed by atoms with van der Waals surface area (Å²) < 4.78 is 0. The molecule has 78 valence electrons. The Labute approximate surface area is 89.7 Å². The molecule has 0 spiro atoms. The highest BCUT2D eigenvalue weighted by atomic mass is 35.5. The van der Waals surface area contributed by atoms with Gasteiger partial charge in [0.15, 0.2) is 0 Å². The van der Waals surface area contributed by atoms with Crippen LogP contribution in [-0.2, 0) is 0 Å². The Bertz CT molecular complexity index is 273. The number of rotatable bonds is 1. The molecule has 0 amide bonds. The molecule has 4 fully saturated rings. The van der Waals surface area contributed by atoms with Crippen molar-refractivity contribution in [3.63, 3.8) is 0 Å². The lowest BCUT2D eigenvalue weighted by Crippen LogP contribution is -2.55. The quantitative estimate of drug-likeness (QED) is 0.391. The maximum atomic E-state index is 7.67. The van der Waals surface area contributed by atoms with Gasteiger partial charge in [0.25, 0.3) is 0 Å². The molecule has 2 unspecified atom stereocenters. The van der Waals surface area contributed by atoms with Crippen molar-refractivity contribution in [1.82, 2.24) is 0 Å². The Morgan fingerprint density at radius 2 is 1.79 bits per heavy atom. The van der Waals surface area contributed by atoms with Crippen LogP contribution in [0.1, 0.15) is 32.1 Å². The van der Waals surface area contributed by atoms with Gasteiger partial charge >= 0.3 is 0 Å². The van der Waals surface area contributed by atoms with E-state index >= 15 is 0 Å². The van der Waals surface area contributed by atoms with Gasteiger partial charge in [0, 0.05) is 10.8 Å². The van der Waals surface area contributed by atoms with Gasteiger partial charge in [0.1, 0.15) is 0 Å². The molecule has 4 aliphatic rings. The summed E-state index contributed by atoms with van der Waals surface area (Å²) in [6, 6.07) is 0. The minimum Gasteiger partial charge on any atom is -0.387 e. The minimum atomic E-state index is 0.0858. The molecule has 0 saturated heterocycles. The van der Waals surface area contributed by atoms with Gasteiger partial charge in [-0.05, 0) is 49.9 Å². The van der Waals surface area contributed by atoms with Gasteiger partial charge in [-0.3, -0.25) is 5.41 Å². The van der Waals surface area contributed by atoms with Crippen LogP contribution in [0.2, 0.25) is 0 Å². The maximum absolute atomic E-state index is 7.67. The van der Waals surface area contributed by atoms with E-state index in [-0.39, 0.29) is 4.87 Å². The standard InChI is InChI=1S/C11H17ClN2/c12-11-3-6-1-7(4-11)9(10(13)14)8(2-6)5-11/h6-9H,1-5H2,(H3,13,14). The Morgan fingerprint density at radius 1 is 1.21 bits per heavy atom. The predicted octanol–water partition coefficient (Wildman–Crippen LogP) is 2.36. The molecule has 0 heterocycles. The van der Waals surface area contributed by atoms with Crippen molar-refractivity contribution in [3.8, 4) is 0 Å². The summed E-state index contributed by atoms with van der Waals surface area (Å²) in [5.74, 6) is 2.85. The lowest BCUT2D eigenvalue weighted by atomic mass is 9.51. The van der Waals surface area contributed by atoms with Gasteiger partial charge in [-0.25, -0.2) is 0 Å². The van der Waals surface area contributed by atoms with Crippen molar-refractivity contribution >= 4 is 17.4 Å². The molecule has 0 aromatic heterocycles. The summed E-state index contributed by atoms with van der Waals surface area (Å²) in [5.41, 5.74) is 5.70. The van der Waals surface area contributed by atoms with E-state index in [2.05, 4.69) is 0 Å². The number of amidine groups is 1. The van der Waals surface area contributed by atoms with Crippen molar-refractivity contribution in [3.05, 3.63) is 0 Å². The molecule has 3 N–H and O–H groups in total. The topological polar surface area (TPSA) is 49.9 Å². The average Bonchev–Trinajstić information content (AvgIpc) is 1.97. The molecule has 0 aromatic rings. The van der Waals surface area contributed by atoms with Gasteiger partial charge in [0.2, 0.25) is 0 Å². The highest BCUT2D eigenvalue weighted by molar-refractivity contribution is 6.24. The molecule has 4 bridgehead atoms. The average molecular weight is 213 g/mol. The zero-order chi connectivity index (χ0) is 9.92. The van der Waals surface area contributed by atoms with Gasteiger partial charge in [-0.15, -0.1) is 11.6 Å². The highest BCUT2D eigenvalue weighted by Gasteiger charge is 2.55. The smallest absolute Gasteiger partial charge is 0.0942 e. The van der Waals surface area contributed by atoms with Crippen LogP contribution in [0.25, 0.3) is 0 Å². The molecular formula is C11H17ClN2. The van der Waals surface area contributed by atoms with Gasteiger partial charge in [0.05, 0.1) is 5.84 Å². The Kier molecular flexibility index (Phi) is 1.71. The monoisotopic (exact) mass is 212 g/mol. The summed E-state index contributed by atoms with van der Waals surface area (Å²) in [6.07, 6.45) is 5.97. The second-order valence-electron chi connectivity index (χ2n) is 5.60. The summed E-state index contributed by atoms with van der Waals surface area (Å²) in [7, 11) is 0. The normalized spacial score (nSPS) is 54.9.